The predicted octanol–water partition coefficient (Wildman–Crippen LogP) is 2.16. The van der Waals surface area contributed by atoms with Crippen molar-refractivity contribution in [3.05, 3.63) is 29.3 Å². The standard InChI is InChI=1S/C18H27NO3/c1-14-4-3-5-15(2)17(14)22-11-16(20)10-19-8-6-18(12-19)7-9-21-13-18/h3-5,16,20H,6-13H2,1-2H3. The molecule has 0 aliphatic carbocycles. The van der Waals surface area contributed by atoms with Crippen LogP contribution in [0.2, 0.25) is 0 Å². The van der Waals surface area contributed by atoms with Gasteiger partial charge >= 0.3 is 0 Å². The fourth-order valence-corrected chi connectivity index (χ4v) is 3.71. The number of para-hydroxylation sites is 1. The van der Waals surface area contributed by atoms with Crippen molar-refractivity contribution in [2.45, 2.75) is 32.8 Å². The van der Waals surface area contributed by atoms with E-state index in [4.69, 9.17) is 9.47 Å². The van der Waals surface area contributed by atoms with E-state index in [0.717, 1.165) is 43.2 Å². The summed E-state index contributed by atoms with van der Waals surface area (Å²) in [7, 11) is 0. The molecule has 22 heavy (non-hydrogen) atoms. The van der Waals surface area contributed by atoms with Crippen molar-refractivity contribution in [1.29, 1.82) is 0 Å². The molecule has 0 aromatic heterocycles. The molecule has 1 N–H and O–H groups in total. The molecule has 2 saturated heterocycles. The third-order valence-corrected chi connectivity index (χ3v) is 5.00. The minimum atomic E-state index is -0.448. The van der Waals surface area contributed by atoms with E-state index in [1.54, 1.807) is 0 Å². The Morgan fingerprint density at radius 2 is 2.09 bits per heavy atom. The highest BCUT2D eigenvalue weighted by Crippen LogP contribution is 2.38. The molecule has 2 heterocycles. The van der Waals surface area contributed by atoms with Crippen LogP contribution in [-0.2, 0) is 4.74 Å². The molecule has 2 aliphatic rings. The first-order valence-corrected chi connectivity index (χ1v) is 8.25. The van der Waals surface area contributed by atoms with Gasteiger partial charge < -0.3 is 14.6 Å². The van der Waals surface area contributed by atoms with E-state index in [9.17, 15) is 5.11 Å². The molecule has 2 aliphatic heterocycles. The van der Waals surface area contributed by atoms with Gasteiger partial charge in [0.25, 0.3) is 0 Å². The Bertz CT molecular complexity index is 491. The molecule has 1 aromatic rings. The van der Waals surface area contributed by atoms with Crippen LogP contribution in [0.1, 0.15) is 24.0 Å². The number of hydrogen-bond acceptors (Lipinski definition) is 4. The van der Waals surface area contributed by atoms with Crippen LogP contribution in [0.25, 0.3) is 0 Å². The third kappa shape index (κ3) is 3.45. The van der Waals surface area contributed by atoms with Gasteiger partial charge in [-0.15, -0.1) is 0 Å². The predicted molar refractivity (Wildman–Crippen MR) is 86.3 cm³/mol. The lowest BCUT2D eigenvalue weighted by Crippen LogP contribution is -2.36. The molecule has 0 saturated carbocycles. The highest BCUT2D eigenvalue weighted by molar-refractivity contribution is 5.39. The number of rotatable bonds is 5. The van der Waals surface area contributed by atoms with E-state index in [0.29, 0.717) is 18.6 Å². The number of aliphatic hydroxyl groups excluding tert-OH is 1. The van der Waals surface area contributed by atoms with Gasteiger partial charge in [0.05, 0.1) is 6.61 Å². The van der Waals surface area contributed by atoms with Crippen molar-refractivity contribution < 1.29 is 14.6 Å². The summed E-state index contributed by atoms with van der Waals surface area (Å²) in [6, 6.07) is 6.11. The van der Waals surface area contributed by atoms with Crippen LogP contribution in [0.4, 0.5) is 0 Å². The lowest BCUT2D eigenvalue weighted by atomic mass is 9.87. The topological polar surface area (TPSA) is 41.9 Å². The van der Waals surface area contributed by atoms with Gasteiger partial charge in [0.15, 0.2) is 0 Å². The molecule has 2 atom stereocenters. The zero-order valence-corrected chi connectivity index (χ0v) is 13.7. The quantitative estimate of drug-likeness (QED) is 0.905. The minimum absolute atomic E-state index is 0.353. The second-order valence-electron chi connectivity index (χ2n) is 6.97. The Labute approximate surface area is 133 Å². The molecule has 1 spiro atoms. The third-order valence-electron chi connectivity index (χ3n) is 5.00. The number of aliphatic hydroxyl groups is 1. The Hall–Kier alpha value is -1.10. The zero-order valence-electron chi connectivity index (χ0n) is 13.7. The van der Waals surface area contributed by atoms with Gasteiger partial charge in [-0.05, 0) is 44.4 Å². The van der Waals surface area contributed by atoms with Crippen LogP contribution < -0.4 is 4.74 Å². The highest BCUT2D eigenvalue weighted by Gasteiger charge is 2.41. The van der Waals surface area contributed by atoms with Gasteiger partial charge in [0.2, 0.25) is 0 Å². The highest BCUT2D eigenvalue weighted by atomic mass is 16.5. The second-order valence-corrected chi connectivity index (χ2v) is 6.97. The number of benzene rings is 1. The summed E-state index contributed by atoms with van der Waals surface area (Å²) in [6.07, 6.45) is 1.91. The van der Waals surface area contributed by atoms with Gasteiger partial charge in [0.1, 0.15) is 18.5 Å². The number of hydrogen-bond donors (Lipinski definition) is 1. The molecular formula is C18H27NO3. The molecule has 122 valence electrons. The van der Waals surface area contributed by atoms with E-state index in [-0.39, 0.29) is 0 Å². The summed E-state index contributed by atoms with van der Waals surface area (Å²) < 4.78 is 11.4. The van der Waals surface area contributed by atoms with Gasteiger partial charge in [-0.25, -0.2) is 0 Å². The lowest BCUT2D eigenvalue weighted by Gasteiger charge is -2.24. The molecule has 4 nitrogen and oxygen atoms in total. The lowest BCUT2D eigenvalue weighted by molar-refractivity contribution is 0.0700. The van der Waals surface area contributed by atoms with Crippen LogP contribution in [0.3, 0.4) is 0 Å². The second kappa shape index (κ2) is 6.57. The fourth-order valence-electron chi connectivity index (χ4n) is 3.71. The maximum Gasteiger partial charge on any atom is 0.125 e. The maximum absolute atomic E-state index is 10.3. The maximum atomic E-state index is 10.3. The Morgan fingerprint density at radius 3 is 2.77 bits per heavy atom. The van der Waals surface area contributed by atoms with E-state index >= 15 is 0 Å². The molecular weight excluding hydrogens is 278 g/mol. The molecule has 0 bridgehead atoms. The van der Waals surface area contributed by atoms with E-state index in [1.807, 2.05) is 32.0 Å². The summed E-state index contributed by atoms with van der Waals surface area (Å²) in [5.41, 5.74) is 2.60. The molecule has 3 rings (SSSR count). The summed E-state index contributed by atoms with van der Waals surface area (Å²) in [5, 5.41) is 10.3. The molecule has 2 unspecified atom stereocenters. The van der Waals surface area contributed by atoms with Crippen molar-refractivity contribution in [2.24, 2.45) is 5.41 Å². The first kappa shape index (κ1) is 15.8. The monoisotopic (exact) mass is 305 g/mol. The van der Waals surface area contributed by atoms with Gasteiger partial charge in [0, 0.05) is 25.1 Å². The first-order chi connectivity index (χ1) is 10.6. The SMILES string of the molecule is Cc1cccc(C)c1OCC(O)CN1CCC2(CCOC2)C1. The van der Waals surface area contributed by atoms with E-state index in [2.05, 4.69) is 4.90 Å². The van der Waals surface area contributed by atoms with E-state index < -0.39 is 6.10 Å². The number of β-amino-alcohol motifs (C(OH)–C–C–N with tert-alkyl or cyclic N) is 1. The summed E-state index contributed by atoms with van der Waals surface area (Å²) >= 11 is 0. The fraction of sp³-hybridized carbons (Fsp3) is 0.667. The minimum Gasteiger partial charge on any atom is -0.490 e. The van der Waals surface area contributed by atoms with Crippen molar-refractivity contribution in [2.75, 3.05) is 39.5 Å². The van der Waals surface area contributed by atoms with Gasteiger partial charge in [-0.3, -0.25) is 4.90 Å². The van der Waals surface area contributed by atoms with Crippen LogP contribution in [0.15, 0.2) is 18.2 Å². The number of likely N-dealkylation sites (tertiary alicyclic amines) is 1. The smallest absolute Gasteiger partial charge is 0.125 e. The molecule has 4 heteroatoms. The number of nitrogens with zero attached hydrogens (tertiary/aromatic N) is 1. The summed E-state index contributed by atoms with van der Waals surface area (Å²) in [4.78, 5) is 2.35. The van der Waals surface area contributed by atoms with Crippen molar-refractivity contribution in [3.63, 3.8) is 0 Å². The first-order valence-electron chi connectivity index (χ1n) is 8.25. The summed E-state index contributed by atoms with van der Waals surface area (Å²) in [6.45, 7) is 9.01. The Morgan fingerprint density at radius 1 is 1.32 bits per heavy atom. The van der Waals surface area contributed by atoms with Crippen molar-refractivity contribution in [1.82, 2.24) is 4.90 Å². The number of ether oxygens (including phenoxy) is 2. The van der Waals surface area contributed by atoms with Crippen molar-refractivity contribution >= 4 is 0 Å². The van der Waals surface area contributed by atoms with Crippen LogP contribution >= 0.6 is 0 Å². The largest absolute Gasteiger partial charge is 0.490 e. The van der Waals surface area contributed by atoms with Crippen molar-refractivity contribution in [3.8, 4) is 5.75 Å². The van der Waals surface area contributed by atoms with Gasteiger partial charge in [-0.2, -0.15) is 0 Å². The normalized spacial score (nSPS) is 26.7. The molecule has 2 fully saturated rings. The average molecular weight is 305 g/mol. The Kier molecular flexibility index (Phi) is 4.71. The van der Waals surface area contributed by atoms with Gasteiger partial charge in [-0.1, -0.05) is 18.2 Å². The molecule has 1 aromatic carbocycles. The van der Waals surface area contributed by atoms with E-state index in [1.165, 1.54) is 12.8 Å². The average Bonchev–Trinajstić information content (AvgIpc) is 3.09. The van der Waals surface area contributed by atoms with Crippen LogP contribution in [0, 0.1) is 19.3 Å². The number of aryl methyl sites for hydroxylation is 2. The molecule has 0 amide bonds. The van der Waals surface area contributed by atoms with Crippen LogP contribution in [-0.4, -0.2) is 55.6 Å². The Balaban J connectivity index is 1.48. The molecule has 0 radical (unpaired) electrons. The van der Waals surface area contributed by atoms with Crippen LogP contribution in [0.5, 0.6) is 5.75 Å². The zero-order chi connectivity index (χ0) is 15.6. The summed E-state index contributed by atoms with van der Waals surface area (Å²) in [5.74, 6) is 0.906.